The molecule has 0 bridgehead atoms. The van der Waals surface area contributed by atoms with Crippen molar-refractivity contribution in [2.45, 2.75) is 48.4 Å². The zero-order chi connectivity index (χ0) is 18.9. The Morgan fingerprint density at radius 2 is 1.42 bits per heavy atom. The molecule has 0 spiro atoms. The zero-order valence-corrected chi connectivity index (χ0v) is 16.5. The van der Waals surface area contributed by atoms with Gasteiger partial charge in [0.1, 0.15) is 0 Å². The second-order valence-corrected chi connectivity index (χ2v) is 10.6. The Morgan fingerprint density at radius 3 is 2.04 bits per heavy atom. The highest BCUT2D eigenvalue weighted by atomic mass is 32.2. The Balaban J connectivity index is 1.80. The number of hydrogen-bond donors (Lipinski definition) is 1. The molecule has 3 rings (SSSR count). The van der Waals surface area contributed by atoms with Crippen molar-refractivity contribution >= 4 is 19.9 Å². The standard InChI is InChI=1S/C19H23NO4S2/c1-14(16-8-7-15-5-3-4-6-17(15)13-16)20-26(23,24)19-11-9-18(10-12-19)25(2,21)22/h7-14,20H,3-6H2,1-2H3/t14-/m1/s1. The fourth-order valence-corrected chi connectivity index (χ4v) is 5.12. The quantitative estimate of drug-likeness (QED) is 0.847. The first-order chi connectivity index (χ1) is 12.2. The van der Waals surface area contributed by atoms with Crippen molar-refractivity contribution in [2.75, 3.05) is 6.26 Å². The van der Waals surface area contributed by atoms with Crippen molar-refractivity contribution in [2.24, 2.45) is 0 Å². The van der Waals surface area contributed by atoms with Gasteiger partial charge in [-0.3, -0.25) is 0 Å². The Kier molecular flexibility index (Phi) is 5.23. The molecule has 140 valence electrons. The molecular weight excluding hydrogens is 370 g/mol. The van der Waals surface area contributed by atoms with E-state index in [1.165, 1.54) is 48.2 Å². The number of rotatable bonds is 5. The molecule has 5 nitrogen and oxygen atoms in total. The molecule has 7 heteroatoms. The molecule has 26 heavy (non-hydrogen) atoms. The molecule has 0 heterocycles. The molecule has 2 aromatic rings. The minimum Gasteiger partial charge on any atom is -0.224 e. The van der Waals surface area contributed by atoms with E-state index in [4.69, 9.17) is 0 Å². The van der Waals surface area contributed by atoms with Gasteiger partial charge in [-0.2, -0.15) is 0 Å². The van der Waals surface area contributed by atoms with Crippen LogP contribution in [-0.4, -0.2) is 23.1 Å². The van der Waals surface area contributed by atoms with E-state index in [0.717, 1.165) is 24.7 Å². The summed E-state index contributed by atoms with van der Waals surface area (Å²) in [6, 6.07) is 11.0. The topological polar surface area (TPSA) is 80.3 Å². The van der Waals surface area contributed by atoms with Crippen molar-refractivity contribution in [1.82, 2.24) is 4.72 Å². The van der Waals surface area contributed by atoms with Gasteiger partial charge in [0.25, 0.3) is 0 Å². The van der Waals surface area contributed by atoms with Crippen LogP contribution in [0.25, 0.3) is 0 Å². The molecular formula is C19H23NO4S2. The SMILES string of the molecule is C[C@@H](NS(=O)(=O)c1ccc(S(C)(=O)=O)cc1)c1ccc2c(c1)CCCC2. The first-order valence-corrected chi connectivity index (χ1v) is 12.0. The smallest absolute Gasteiger partial charge is 0.224 e. The van der Waals surface area contributed by atoms with Crippen molar-refractivity contribution in [1.29, 1.82) is 0 Å². The summed E-state index contributed by atoms with van der Waals surface area (Å²) in [5.41, 5.74) is 3.59. The molecule has 0 radical (unpaired) electrons. The van der Waals surface area contributed by atoms with Crippen molar-refractivity contribution in [3.05, 3.63) is 59.2 Å². The van der Waals surface area contributed by atoms with E-state index >= 15 is 0 Å². The first-order valence-electron chi connectivity index (χ1n) is 8.61. The molecule has 1 atom stereocenters. The van der Waals surface area contributed by atoms with Crippen LogP contribution in [0.1, 0.15) is 42.5 Å². The third-order valence-electron chi connectivity index (χ3n) is 4.77. The van der Waals surface area contributed by atoms with Gasteiger partial charge in [0.05, 0.1) is 9.79 Å². The van der Waals surface area contributed by atoms with Crippen molar-refractivity contribution in [3.8, 4) is 0 Å². The third-order valence-corrected chi connectivity index (χ3v) is 7.45. The molecule has 0 aromatic heterocycles. The van der Waals surface area contributed by atoms with Crippen LogP contribution in [0.2, 0.25) is 0 Å². The van der Waals surface area contributed by atoms with E-state index in [1.54, 1.807) is 0 Å². The number of benzene rings is 2. The Morgan fingerprint density at radius 1 is 0.846 bits per heavy atom. The lowest BCUT2D eigenvalue weighted by Crippen LogP contribution is -2.27. The van der Waals surface area contributed by atoms with Gasteiger partial charge in [-0.05, 0) is 73.6 Å². The number of fused-ring (bicyclic) bond motifs is 1. The predicted octanol–water partition coefficient (Wildman–Crippen LogP) is 3.01. The van der Waals surface area contributed by atoms with Gasteiger partial charge >= 0.3 is 0 Å². The summed E-state index contributed by atoms with van der Waals surface area (Å²) in [6.45, 7) is 1.81. The zero-order valence-electron chi connectivity index (χ0n) is 14.9. The van der Waals surface area contributed by atoms with E-state index in [9.17, 15) is 16.8 Å². The van der Waals surface area contributed by atoms with Crippen LogP contribution in [0.5, 0.6) is 0 Å². The second kappa shape index (κ2) is 7.13. The van der Waals surface area contributed by atoms with Crippen molar-refractivity contribution in [3.63, 3.8) is 0 Å². The molecule has 0 saturated heterocycles. The molecule has 0 aliphatic heterocycles. The van der Waals surface area contributed by atoms with Gasteiger partial charge < -0.3 is 0 Å². The normalized spacial score (nSPS) is 16.1. The van der Waals surface area contributed by atoms with Crippen LogP contribution < -0.4 is 4.72 Å². The highest BCUT2D eigenvalue weighted by Gasteiger charge is 2.20. The molecule has 0 amide bonds. The second-order valence-electron chi connectivity index (χ2n) is 6.82. The largest absolute Gasteiger partial charge is 0.241 e. The maximum atomic E-state index is 12.6. The molecule has 0 saturated carbocycles. The lowest BCUT2D eigenvalue weighted by Gasteiger charge is -2.20. The minimum absolute atomic E-state index is 0.0507. The summed E-state index contributed by atoms with van der Waals surface area (Å²) in [7, 11) is -7.09. The average Bonchev–Trinajstić information content (AvgIpc) is 2.60. The van der Waals surface area contributed by atoms with E-state index in [0.29, 0.717) is 0 Å². The lowest BCUT2D eigenvalue weighted by atomic mass is 9.89. The van der Waals surface area contributed by atoms with E-state index < -0.39 is 19.9 Å². The van der Waals surface area contributed by atoms with Crippen LogP contribution >= 0.6 is 0 Å². The third kappa shape index (κ3) is 4.16. The molecule has 0 fully saturated rings. The molecule has 1 N–H and O–H groups in total. The minimum atomic E-state index is -3.74. The number of sulfone groups is 1. The Labute approximate surface area is 155 Å². The van der Waals surface area contributed by atoms with Crippen LogP contribution in [0.15, 0.2) is 52.3 Å². The van der Waals surface area contributed by atoms with Crippen LogP contribution in [0.3, 0.4) is 0 Å². The number of nitrogens with one attached hydrogen (secondary N) is 1. The summed E-state index contributed by atoms with van der Waals surface area (Å²) in [6.07, 6.45) is 5.59. The predicted molar refractivity (Wildman–Crippen MR) is 101 cm³/mol. The molecule has 1 aliphatic carbocycles. The van der Waals surface area contributed by atoms with Crippen LogP contribution in [0, 0.1) is 0 Å². The van der Waals surface area contributed by atoms with Gasteiger partial charge in [-0.1, -0.05) is 18.2 Å². The van der Waals surface area contributed by atoms with E-state index in [1.807, 2.05) is 13.0 Å². The maximum Gasteiger partial charge on any atom is 0.241 e. The highest BCUT2D eigenvalue weighted by Crippen LogP contribution is 2.25. The summed E-state index contributed by atoms with van der Waals surface area (Å²) < 4.78 is 50.9. The van der Waals surface area contributed by atoms with Crippen LogP contribution in [-0.2, 0) is 32.7 Å². The molecule has 2 aromatic carbocycles. The van der Waals surface area contributed by atoms with Gasteiger partial charge in [-0.25, -0.2) is 21.6 Å². The number of aryl methyl sites for hydroxylation is 2. The fourth-order valence-electron chi connectivity index (χ4n) is 3.26. The molecule has 0 unspecified atom stereocenters. The summed E-state index contributed by atoms with van der Waals surface area (Å²) in [4.78, 5) is 0.147. The Hall–Kier alpha value is -1.70. The number of hydrogen-bond acceptors (Lipinski definition) is 4. The van der Waals surface area contributed by atoms with E-state index in [2.05, 4.69) is 16.9 Å². The van der Waals surface area contributed by atoms with E-state index in [-0.39, 0.29) is 15.8 Å². The summed E-state index contributed by atoms with van der Waals surface area (Å²) in [5.74, 6) is 0. The number of sulfonamides is 1. The maximum absolute atomic E-state index is 12.6. The first kappa shape index (κ1) is 19.1. The monoisotopic (exact) mass is 393 g/mol. The van der Waals surface area contributed by atoms with Gasteiger partial charge in [0.15, 0.2) is 9.84 Å². The summed E-state index contributed by atoms with van der Waals surface area (Å²) in [5, 5.41) is 0. The average molecular weight is 394 g/mol. The Bertz CT molecular complexity index is 1010. The van der Waals surface area contributed by atoms with Crippen molar-refractivity contribution < 1.29 is 16.8 Å². The fraction of sp³-hybridized carbons (Fsp3) is 0.368. The van der Waals surface area contributed by atoms with Gasteiger partial charge in [0, 0.05) is 12.3 Å². The van der Waals surface area contributed by atoms with Crippen LogP contribution in [0.4, 0.5) is 0 Å². The molecule has 1 aliphatic rings. The van der Waals surface area contributed by atoms with Gasteiger partial charge in [0.2, 0.25) is 10.0 Å². The van der Waals surface area contributed by atoms with Gasteiger partial charge in [-0.15, -0.1) is 0 Å². The lowest BCUT2D eigenvalue weighted by molar-refractivity contribution is 0.566. The highest BCUT2D eigenvalue weighted by molar-refractivity contribution is 7.90. The summed E-state index contributed by atoms with van der Waals surface area (Å²) >= 11 is 0.